The summed E-state index contributed by atoms with van der Waals surface area (Å²) in [6.45, 7) is 2.01. The van der Waals surface area contributed by atoms with E-state index in [0.717, 1.165) is 12.8 Å². The fourth-order valence-electron chi connectivity index (χ4n) is 3.76. The van der Waals surface area contributed by atoms with E-state index in [1.807, 2.05) is 13.0 Å². The summed E-state index contributed by atoms with van der Waals surface area (Å²) in [5.41, 5.74) is 0. The second-order valence-corrected chi connectivity index (χ2v) is 7.46. The number of unbranched alkanes of at least 4 members (excludes halogenated alkanes) is 3. The molecule has 0 aliphatic heterocycles. The summed E-state index contributed by atoms with van der Waals surface area (Å²) in [4.78, 5) is 22.6. The van der Waals surface area contributed by atoms with Gasteiger partial charge in [0.2, 0.25) is 0 Å². The Labute approximate surface area is 160 Å². The molecule has 6 atom stereocenters. The third kappa shape index (κ3) is 7.70. The minimum absolute atomic E-state index is 0.0861. The molecule has 0 amide bonds. The zero-order valence-corrected chi connectivity index (χ0v) is 16.0. The van der Waals surface area contributed by atoms with Crippen molar-refractivity contribution in [1.82, 2.24) is 0 Å². The zero-order valence-electron chi connectivity index (χ0n) is 16.0. The average molecular weight is 386 g/mol. The maximum Gasteiger partial charge on any atom is 0.303 e. The van der Waals surface area contributed by atoms with Crippen LogP contribution in [0.5, 0.6) is 0 Å². The molecule has 1 rings (SSSR count). The van der Waals surface area contributed by atoms with E-state index in [2.05, 4.69) is 0 Å². The summed E-state index contributed by atoms with van der Waals surface area (Å²) in [7, 11) is 0. The van der Waals surface area contributed by atoms with Crippen LogP contribution in [0.2, 0.25) is 0 Å². The van der Waals surface area contributed by atoms with E-state index in [4.69, 9.17) is 5.11 Å². The Bertz CT molecular complexity index is 491. The summed E-state index contributed by atoms with van der Waals surface area (Å²) in [6.07, 6.45) is 3.12. The summed E-state index contributed by atoms with van der Waals surface area (Å²) in [5, 5.41) is 49.7. The van der Waals surface area contributed by atoms with Crippen molar-refractivity contribution in [3.63, 3.8) is 0 Å². The smallest absolute Gasteiger partial charge is 0.303 e. The number of allylic oxidation sites excluding steroid dienone is 2. The van der Waals surface area contributed by atoms with E-state index in [-0.39, 0.29) is 19.3 Å². The predicted octanol–water partition coefficient (Wildman–Crippen LogP) is 1.42. The van der Waals surface area contributed by atoms with E-state index >= 15 is 0 Å². The monoisotopic (exact) mass is 386 g/mol. The number of hydrogen-bond donors (Lipinski definition) is 5. The Balaban J connectivity index is 2.62. The minimum atomic E-state index is -1.56. The number of carboxylic acids is 1. The van der Waals surface area contributed by atoms with Crippen LogP contribution >= 0.6 is 0 Å². The lowest BCUT2D eigenvalue weighted by Crippen LogP contribution is -2.44. The van der Waals surface area contributed by atoms with Gasteiger partial charge < -0.3 is 25.5 Å². The maximum absolute atomic E-state index is 12.1. The van der Waals surface area contributed by atoms with Crippen molar-refractivity contribution in [3.05, 3.63) is 12.2 Å². The molecule has 0 heterocycles. The molecule has 1 saturated carbocycles. The molecule has 1 fully saturated rings. The molecule has 27 heavy (non-hydrogen) atoms. The standard InChI is InChI=1S/C20H34O7/c1-2-3-6-10-14(21)19(26)20(27)18-13(15(22)12-16(18)23)9-7-4-5-8-11-17(24)25/h4,7,13,15-16,18-20,22-23,26-27H,2-3,5-6,8-12H2,1H3,(H,24,25)/b7-4+. The summed E-state index contributed by atoms with van der Waals surface area (Å²) < 4.78 is 0. The van der Waals surface area contributed by atoms with Gasteiger partial charge in [-0.2, -0.15) is 0 Å². The van der Waals surface area contributed by atoms with E-state index in [1.165, 1.54) is 0 Å². The molecule has 0 radical (unpaired) electrons. The lowest BCUT2D eigenvalue weighted by Gasteiger charge is -2.30. The molecule has 0 bridgehead atoms. The zero-order chi connectivity index (χ0) is 20.4. The van der Waals surface area contributed by atoms with Gasteiger partial charge in [0, 0.05) is 18.8 Å². The molecule has 5 N–H and O–H groups in total. The van der Waals surface area contributed by atoms with Gasteiger partial charge in [0.05, 0.1) is 18.3 Å². The first-order chi connectivity index (χ1) is 12.8. The van der Waals surface area contributed by atoms with Gasteiger partial charge in [-0.05, 0) is 38.0 Å². The number of hydrogen-bond acceptors (Lipinski definition) is 6. The molecule has 0 aromatic carbocycles. The Morgan fingerprint density at radius 3 is 2.37 bits per heavy atom. The summed E-state index contributed by atoms with van der Waals surface area (Å²) in [6, 6.07) is 0. The van der Waals surface area contributed by atoms with Crippen molar-refractivity contribution in [1.29, 1.82) is 0 Å². The number of rotatable bonds is 13. The van der Waals surface area contributed by atoms with E-state index in [9.17, 15) is 30.0 Å². The van der Waals surface area contributed by atoms with Gasteiger partial charge in [0.15, 0.2) is 5.78 Å². The Hall–Kier alpha value is -1.28. The molecular formula is C20H34O7. The van der Waals surface area contributed by atoms with Crippen molar-refractivity contribution >= 4 is 11.8 Å². The largest absolute Gasteiger partial charge is 0.481 e. The quantitative estimate of drug-likeness (QED) is 0.239. The number of carbonyl (C=O) groups is 2. The van der Waals surface area contributed by atoms with Crippen LogP contribution in [0.15, 0.2) is 12.2 Å². The van der Waals surface area contributed by atoms with Gasteiger partial charge in [0.25, 0.3) is 0 Å². The molecule has 156 valence electrons. The number of Topliss-reactive ketones (excluding diaryl/α,β-unsaturated/α-hetero) is 1. The first-order valence-electron chi connectivity index (χ1n) is 9.91. The molecule has 0 aromatic heterocycles. The molecule has 1 aliphatic carbocycles. The Morgan fingerprint density at radius 1 is 1.04 bits per heavy atom. The third-order valence-electron chi connectivity index (χ3n) is 5.33. The van der Waals surface area contributed by atoms with Gasteiger partial charge in [-0.1, -0.05) is 31.9 Å². The molecule has 0 aromatic rings. The second-order valence-electron chi connectivity index (χ2n) is 7.46. The Morgan fingerprint density at radius 2 is 1.74 bits per heavy atom. The summed E-state index contributed by atoms with van der Waals surface area (Å²) in [5.74, 6) is -2.54. The SMILES string of the molecule is CCCCCC(=O)C(O)C(O)C1C(O)CC(O)C1C/C=C/CCCC(=O)O. The molecule has 7 nitrogen and oxygen atoms in total. The van der Waals surface area contributed by atoms with Crippen molar-refractivity contribution < 1.29 is 35.1 Å². The van der Waals surface area contributed by atoms with Crippen molar-refractivity contribution in [2.45, 2.75) is 89.1 Å². The van der Waals surface area contributed by atoms with Gasteiger partial charge in [-0.3, -0.25) is 9.59 Å². The van der Waals surface area contributed by atoms with Crippen LogP contribution in [0.4, 0.5) is 0 Å². The molecule has 0 saturated heterocycles. The van der Waals surface area contributed by atoms with E-state index < -0.39 is 48.0 Å². The first kappa shape index (κ1) is 23.8. The second kappa shape index (κ2) is 12.2. The molecule has 1 aliphatic rings. The average Bonchev–Trinajstić information content (AvgIpc) is 2.89. The number of aliphatic hydroxyl groups is 4. The summed E-state index contributed by atoms with van der Waals surface area (Å²) >= 11 is 0. The van der Waals surface area contributed by atoms with Crippen LogP contribution in [0.25, 0.3) is 0 Å². The van der Waals surface area contributed by atoms with Crippen LogP contribution in [0, 0.1) is 11.8 Å². The maximum atomic E-state index is 12.1. The number of aliphatic carboxylic acids is 1. The highest BCUT2D eigenvalue weighted by atomic mass is 16.4. The highest BCUT2D eigenvalue weighted by Crippen LogP contribution is 2.38. The highest BCUT2D eigenvalue weighted by molar-refractivity contribution is 5.83. The normalized spacial score (nSPS) is 27.7. The first-order valence-corrected chi connectivity index (χ1v) is 9.91. The van der Waals surface area contributed by atoms with Crippen LogP contribution in [0.1, 0.15) is 64.7 Å². The number of aliphatic hydroxyl groups excluding tert-OH is 4. The van der Waals surface area contributed by atoms with Gasteiger partial charge in [-0.15, -0.1) is 0 Å². The van der Waals surface area contributed by atoms with Gasteiger partial charge >= 0.3 is 5.97 Å². The van der Waals surface area contributed by atoms with Gasteiger partial charge in [0.1, 0.15) is 6.10 Å². The van der Waals surface area contributed by atoms with Crippen LogP contribution in [-0.2, 0) is 9.59 Å². The molecule has 7 heteroatoms. The minimum Gasteiger partial charge on any atom is -0.481 e. The highest BCUT2D eigenvalue weighted by Gasteiger charge is 2.47. The van der Waals surface area contributed by atoms with Gasteiger partial charge in [-0.25, -0.2) is 0 Å². The predicted molar refractivity (Wildman–Crippen MR) is 100 cm³/mol. The topological polar surface area (TPSA) is 135 Å². The molecule has 0 spiro atoms. The van der Waals surface area contributed by atoms with E-state index in [0.29, 0.717) is 25.7 Å². The number of carboxylic acid groups (broad SMARTS) is 1. The lowest BCUT2D eigenvalue weighted by molar-refractivity contribution is -0.139. The number of carbonyl (C=O) groups excluding carboxylic acids is 1. The van der Waals surface area contributed by atoms with Crippen LogP contribution in [-0.4, -0.2) is 61.7 Å². The molecule has 6 unspecified atom stereocenters. The van der Waals surface area contributed by atoms with E-state index in [1.54, 1.807) is 6.08 Å². The fraction of sp³-hybridized carbons (Fsp3) is 0.800. The van der Waals surface area contributed by atoms with Crippen molar-refractivity contribution in [2.24, 2.45) is 11.8 Å². The van der Waals surface area contributed by atoms with Crippen LogP contribution in [0.3, 0.4) is 0 Å². The lowest BCUT2D eigenvalue weighted by atomic mass is 9.82. The fourth-order valence-corrected chi connectivity index (χ4v) is 3.76. The van der Waals surface area contributed by atoms with Crippen LogP contribution < -0.4 is 0 Å². The van der Waals surface area contributed by atoms with Crippen molar-refractivity contribution in [2.75, 3.05) is 0 Å². The molecular weight excluding hydrogens is 352 g/mol. The Kier molecular flexibility index (Phi) is 10.8. The number of ketones is 1. The van der Waals surface area contributed by atoms with Crippen molar-refractivity contribution in [3.8, 4) is 0 Å². The third-order valence-corrected chi connectivity index (χ3v) is 5.33.